The molecule has 0 atom stereocenters. The molecule has 0 aliphatic carbocycles. The lowest BCUT2D eigenvalue weighted by molar-refractivity contribution is -0.153. The van der Waals surface area contributed by atoms with Gasteiger partial charge < -0.3 is 10.1 Å². The van der Waals surface area contributed by atoms with Crippen molar-refractivity contribution in [3.63, 3.8) is 0 Å². The summed E-state index contributed by atoms with van der Waals surface area (Å²) < 4.78 is 41.0. The summed E-state index contributed by atoms with van der Waals surface area (Å²) in [6, 6.07) is 9.36. The molecular formula is C20H18F3N3O2S. The van der Waals surface area contributed by atoms with E-state index in [2.05, 4.69) is 20.0 Å². The largest absolute Gasteiger partial charge is 0.484 e. The lowest BCUT2D eigenvalue weighted by atomic mass is 10.2. The van der Waals surface area contributed by atoms with E-state index in [-0.39, 0.29) is 11.7 Å². The Bertz CT molecular complexity index is 928. The zero-order valence-electron chi connectivity index (χ0n) is 15.3. The van der Waals surface area contributed by atoms with Crippen LogP contribution in [0.2, 0.25) is 0 Å². The first-order valence-electron chi connectivity index (χ1n) is 8.83. The Labute approximate surface area is 169 Å². The summed E-state index contributed by atoms with van der Waals surface area (Å²) >= 11 is 1.57. The van der Waals surface area contributed by atoms with E-state index >= 15 is 0 Å². The van der Waals surface area contributed by atoms with Crippen molar-refractivity contribution in [3.05, 3.63) is 64.7 Å². The third-order valence-corrected chi connectivity index (χ3v) is 4.81. The second kappa shape index (κ2) is 9.51. The summed E-state index contributed by atoms with van der Waals surface area (Å²) in [7, 11) is 0. The van der Waals surface area contributed by atoms with Crippen LogP contribution < -0.4 is 10.1 Å². The SMILES string of the molecule is O=C(NCCCc1nc(-c2ccncc2)cs1)c1ccc(OCC(F)(F)F)cc1. The molecule has 1 amide bonds. The Morgan fingerprint density at radius 1 is 1.10 bits per heavy atom. The van der Waals surface area contributed by atoms with Gasteiger partial charge in [-0.15, -0.1) is 11.3 Å². The molecule has 0 spiro atoms. The van der Waals surface area contributed by atoms with E-state index in [1.54, 1.807) is 23.7 Å². The number of ether oxygens (including phenoxy) is 1. The van der Waals surface area contributed by atoms with Crippen LogP contribution in [0.1, 0.15) is 21.8 Å². The molecule has 2 heterocycles. The van der Waals surface area contributed by atoms with E-state index < -0.39 is 12.8 Å². The quantitative estimate of drug-likeness (QED) is 0.544. The molecule has 0 unspecified atom stereocenters. The van der Waals surface area contributed by atoms with E-state index in [1.807, 2.05) is 17.5 Å². The van der Waals surface area contributed by atoms with E-state index in [9.17, 15) is 18.0 Å². The lowest BCUT2D eigenvalue weighted by Crippen LogP contribution is -2.24. The summed E-state index contributed by atoms with van der Waals surface area (Å²) in [5.74, 6) is -0.225. The normalized spacial score (nSPS) is 11.3. The molecule has 0 fully saturated rings. The van der Waals surface area contributed by atoms with E-state index in [0.717, 1.165) is 29.1 Å². The van der Waals surface area contributed by atoms with Gasteiger partial charge in [-0.05, 0) is 42.8 Å². The summed E-state index contributed by atoms with van der Waals surface area (Å²) in [4.78, 5) is 20.7. The number of aromatic nitrogens is 2. The number of carbonyl (C=O) groups is 1. The lowest BCUT2D eigenvalue weighted by Gasteiger charge is -2.09. The number of halogens is 3. The van der Waals surface area contributed by atoms with Crippen molar-refractivity contribution in [2.75, 3.05) is 13.2 Å². The first-order valence-corrected chi connectivity index (χ1v) is 9.71. The Hall–Kier alpha value is -2.94. The van der Waals surface area contributed by atoms with Crippen LogP contribution in [-0.2, 0) is 6.42 Å². The molecule has 152 valence electrons. The van der Waals surface area contributed by atoms with Gasteiger partial charge in [0.05, 0.1) is 10.7 Å². The van der Waals surface area contributed by atoms with Gasteiger partial charge in [-0.25, -0.2) is 4.98 Å². The number of benzene rings is 1. The molecule has 0 bridgehead atoms. The number of thiazole rings is 1. The maximum absolute atomic E-state index is 12.1. The first-order chi connectivity index (χ1) is 13.9. The van der Waals surface area contributed by atoms with Gasteiger partial charge in [0.2, 0.25) is 0 Å². The standard InChI is InChI=1S/C20H18F3N3O2S/c21-20(22,23)13-28-16-5-3-15(4-6-16)19(27)25-9-1-2-18-26-17(12-29-18)14-7-10-24-11-8-14/h3-8,10-12H,1-2,9,13H2,(H,25,27). The maximum atomic E-state index is 12.1. The number of aryl methyl sites for hydroxylation is 1. The van der Waals surface area contributed by atoms with Crippen molar-refractivity contribution in [1.29, 1.82) is 0 Å². The number of rotatable bonds is 8. The molecule has 3 rings (SSSR count). The molecule has 1 N–H and O–H groups in total. The van der Waals surface area contributed by atoms with Crippen LogP contribution in [-0.4, -0.2) is 35.2 Å². The minimum absolute atomic E-state index is 0.0626. The molecule has 0 aliphatic heterocycles. The number of alkyl halides is 3. The number of hydrogen-bond acceptors (Lipinski definition) is 5. The van der Waals surface area contributed by atoms with Gasteiger partial charge >= 0.3 is 6.18 Å². The molecule has 1 aromatic carbocycles. The highest BCUT2D eigenvalue weighted by molar-refractivity contribution is 7.09. The fourth-order valence-corrected chi connectivity index (χ4v) is 3.34. The van der Waals surface area contributed by atoms with E-state index in [4.69, 9.17) is 0 Å². The van der Waals surface area contributed by atoms with Crippen LogP contribution in [0.25, 0.3) is 11.3 Å². The van der Waals surface area contributed by atoms with Gasteiger partial charge in [0.25, 0.3) is 5.91 Å². The minimum Gasteiger partial charge on any atom is -0.484 e. The van der Waals surface area contributed by atoms with Crippen molar-refractivity contribution in [1.82, 2.24) is 15.3 Å². The fraction of sp³-hybridized carbons (Fsp3) is 0.250. The smallest absolute Gasteiger partial charge is 0.422 e. The second-order valence-corrected chi connectivity index (χ2v) is 7.09. The molecule has 0 saturated heterocycles. The Morgan fingerprint density at radius 2 is 1.83 bits per heavy atom. The molecule has 0 saturated carbocycles. The molecule has 0 radical (unpaired) electrons. The summed E-state index contributed by atoms with van der Waals surface area (Å²) in [5, 5.41) is 5.77. The van der Waals surface area contributed by atoms with Gasteiger partial charge in [0.1, 0.15) is 5.75 Å². The summed E-state index contributed by atoms with van der Waals surface area (Å²) in [6.45, 7) is -0.895. The van der Waals surface area contributed by atoms with Gasteiger partial charge in [-0.2, -0.15) is 13.2 Å². The summed E-state index contributed by atoms with van der Waals surface area (Å²) in [6.07, 6.45) is 0.506. The molecular weight excluding hydrogens is 403 g/mol. The van der Waals surface area contributed by atoms with Crippen molar-refractivity contribution in [2.24, 2.45) is 0 Å². The van der Waals surface area contributed by atoms with Gasteiger partial charge in [-0.1, -0.05) is 0 Å². The topological polar surface area (TPSA) is 64.1 Å². The Kier molecular flexibility index (Phi) is 6.82. The van der Waals surface area contributed by atoms with Crippen LogP contribution in [0.15, 0.2) is 54.2 Å². The van der Waals surface area contributed by atoms with Gasteiger partial charge in [0.15, 0.2) is 6.61 Å². The van der Waals surface area contributed by atoms with Crippen LogP contribution in [0.5, 0.6) is 5.75 Å². The number of nitrogens with one attached hydrogen (secondary N) is 1. The van der Waals surface area contributed by atoms with Crippen LogP contribution in [0.3, 0.4) is 0 Å². The molecule has 2 aromatic heterocycles. The average molecular weight is 421 g/mol. The molecule has 0 aliphatic rings. The van der Waals surface area contributed by atoms with Crippen molar-refractivity contribution in [3.8, 4) is 17.0 Å². The predicted molar refractivity (Wildman–Crippen MR) is 104 cm³/mol. The average Bonchev–Trinajstić information content (AvgIpc) is 3.19. The predicted octanol–water partition coefficient (Wildman–Crippen LogP) is 4.51. The number of hydrogen-bond donors (Lipinski definition) is 1. The zero-order valence-corrected chi connectivity index (χ0v) is 16.1. The fourth-order valence-electron chi connectivity index (χ4n) is 2.49. The van der Waals surface area contributed by atoms with Gasteiger partial charge in [-0.3, -0.25) is 9.78 Å². The minimum atomic E-state index is -4.40. The zero-order chi connectivity index (χ0) is 20.7. The number of carbonyl (C=O) groups excluding carboxylic acids is 1. The summed E-state index contributed by atoms with van der Waals surface area (Å²) in [5.41, 5.74) is 2.28. The molecule has 5 nitrogen and oxygen atoms in total. The van der Waals surface area contributed by atoms with Crippen molar-refractivity contribution in [2.45, 2.75) is 19.0 Å². The van der Waals surface area contributed by atoms with Gasteiger partial charge in [0, 0.05) is 41.9 Å². The highest BCUT2D eigenvalue weighted by atomic mass is 32.1. The van der Waals surface area contributed by atoms with Crippen LogP contribution in [0, 0.1) is 0 Å². The first kappa shape index (κ1) is 20.8. The van der Waals surface area contributed by atoms with Crippen molar-refractivity contribution < 1.29 is 22.7 Å². The second-order valence-electron chi connectivity index (χ2n) is 6.15. The number of amides is 1. The molecule has 3 aromatic rings. The van der Waals surface area contributed by atoms with Crippen molar-refractivity contribution >= 4 is 17.2 Å². The highest BCUT2D eigenvalue weighted by Gasteiger charge is 2.28. The van der Waals surface area contributed by atoms with E-state index in [0.29, 0.717) is 12.1 Å². The monoisotopic (exact) mass is 421 g/mol. The third-order valence-electron chi connectivity index (χ3n) is 3.90. The van der Waals surface area contributed by atoms with Crippen LogP contribution in [0.4, 0.5) is 13.2 Å². The molecule has 29 heavy (non-hydrogen) atoms. The number of pyridine rings is 1. The highest BCUT2D eigenvalue weighted by Crippen LogP contribution is 2.22. The van der Waals surface area contributed by atoms with E-state index in [1.165, 1.54) is 24.3 Å². The Balaban J connectivity index is 1.41. The Morgan fingerprint density at radius 3 is 2.52 bits per heavy atom. The third kappa shape index (κ3) is 6.56. The molecule has 9 heteroatoms. The number of nitrogens with zero attached hydrogens (tertiary/aromatic N) is 2. The van der Waals surface area contributed by atoms with Crippen LogP contribution >= 0.6 is 11.3 Å². The maximum Gasteiger partial charge on any atom is 0.422 e.